The number of rotatable bonds is 3. The molecule has 0 aliphatic carbocycles. The van der Waals surface area contributed by atoms with E-state index in [1.807, 2.05) is 32.0 Å². The normalized spacial score (nSPS) is 11.9. The number of aromatic nitrogens is 3. The third kappa shape index (κ3) is 3.38. The quantitative estimate of drug-likeness (QED) is 0.942. The van der Waals surface area contributed by atoms with Crippen molar-refractivity contribution in [3.8, 4) is 5.82 Å². The second kappa shape index (κ2) is 5.54. The minimum Gasteiger partial charge on any atom is -0.306 e. The summed E-state index contributed by atoms with van der Waals surface area (Å²) in [5.41, 5.74) is 2.79. The predicted octanol–water partition coefficient (Wildman–Crippen LogP) is 3.43. The molecule has 0 aliphatic heterocycles. The first kappa shape index (κ1) is 15.0. The molecule has 0 unspecified atom stereocenters. The summed E-state index contributed by atoms with van der Waals surface area (Å²) < 4.78 is 1.79. The van der Waals surface area contributed by atoms with Crippen LogP contribution in [-0.4, -0.2) is 20.3 Å². The maximum Gasteiger partial charge on any atom is 0.154 e. The number of hydrogen-bond donors (Lipinski definition) is 1. The van der Waals surface area contributed by atoms with E-state index in [9.17, 15) is 0 Å². The molecule has 2 heterocycles. The summed E-state index contributed by atoms with van der Waals surface area (Å²) in [5.74, 6) is 0.797. The highest BCUT2D eigenvalue weighted by molar-refractivity contribution is 6.31. The van der Waals surface area contributed by atoms with E-state index >= 15 is 0 Å². The summed E-state index contributed by atoms with van der Waals surface area (Å²) in [6.07, 6.45) is 0. The van der Waals surface area contributed by atoms with Crippen molar-refractivity contribution in [2.75, 3.05) is 0 Å². The number of halogens is 1. The Kier molecular flexibility index (Phi) is 4.16. The van der Waals surface area contributed by atoms with Crippen molar-refractivity contribution in [1.29, 1.82) is 0 Å². The van der Waals surface area contributed by atoms with Crippen LogP contribution in [0.5, 0.6) is 0 Å². The molecule has 0 saturated carbocycles. The van der Waals surface area contributed by atoms with Gasteiger partial charge >= 0.3 is 0 Å². The molecule has 0 atom stereocenters. The zero-order chi connectivity index (χ0) is 14.9. The lowest BCUT2D eigenvalue weighted by Crippen LogP contribution is -2.35. The van der Waals surface area contributed by atoms with E-state index in [0.717, 1.165) is 29.4 Å². The second-order valence-electron chi connectivity index (χ2n) is 5.99. The van der Waals surface area contributed by atoms with Crippen LogP contribution in [0.25, 0.3) is 5.82 Å². The van der Waals surface area contributed by atoms with Gasteiger partial charge in [0.2, 0.25) is 0 Å². The summed E-state index contributed by atoms with van der Waals surface area (Å²) in [7, 11) is 0. The van der Waals surface area contributed by atoms with Crippen molar-refractivity contribution in [1.82, 2.24) is 20.1 Å². The van der Waals surface area contributed by atoms with E-state index in [-0.39, 0.29) is 5.54 Å². The fraction of sp³-hybridized carbons (Fsp3) is 0.467. The van der Waals surface area contributed by atoms with Crippen LogP contribution in [0.3, 0.4) is 0 Å². The standard InChI is InChI=1S/C15H21ClN4/c1-10-14(16)11(2)20(19-10)13-8-6-7-12(18-13)9-17-15(3,4)5/h6-8,17H,9H2,1-5H3. The molecule has 2 rings (SSSR count). The molecule has 0 spiro atoms. The summed E-state index contributed by atoms with van der Waals surface area (Å²) in [6.45, 7) is 11.0. The fourth-order valence-electron chi connectivity index (χ4n) is 1.89. The third-order valence-electron chi connectivity index (χ3n) is 3.01. The predicted molar refractivity (Wildman–Crippen MR) is 82.4 cm³/mol. The van der Waals surface area contributed by atoms with Gasteiger partial charge in [0, 0.05) is 12.1 Å². The lowest BCUT2D eigenvalue weighted by molar-refractivity contribution is 0.421. The van der Waals surface area contributed by atoms with Gasteiger partial charge in [0.25, 0.3) is 0 Å². The molecule has 0 amide bonds. The van der Waals surface area contributed by atoms with Gasteiger partial charge < -0.3 is 5.32 Å². The lowest BCUT2D eigenvalue weighted by Gasteiger charge is -2.20. The molecule has 2 aromatic rings. The van der Waals surface area contributed by atoms with Crippen molar-refractivity contribution in [3.05, 3.63) is 40.3 Å². The molecule has 1 N–H and O–H groups in total. The number of nitrogens with zero attached hydrogens (tertiary/aromatic N) is 3. The van der Waals surface area contributed by atoms with Gasteiger partial charge in [-0.2, -0.15) is 5.10 Å². The SMILES string of the molecule is Cc1nn(-c2cccc(CNC(C)(C)C)n2)c(C)c1Cl. The molecule has 4 nitrogen and oxygen atoms in total. The average Bonchev–Trinajstić information content (AvgIpc) is 2.64. The number of hydrogen-bond acceptors (Lipinski definition) is 3. The highest BCUT2D eigenvalue weighted by atomic mass is 35.5. The minimum absolute atomic E-state index is 0.0686. The maximum atomic E-state index is 6.19. The van der Waals surface area contributed by atoms with Crippen LogP contribution >= 0.6 is 11.6 Å². The maximum absolute atomic E-state index is 6.19. The smallest absolute Gasteiger partial charge is 0.154 e. The lowest BCUT2D eigenvalue weighted by atomic mass is 10.1. The van der Waals surface area contributed by atoms with Crippen LogP contribution < -0.4 is 5.32 Å². The van der Waals surface area contributed by atoms with E-state index in [0.29, 0.717) is 5.02 Å². The summed E-state index contributed by atoms with van der Waals surface area (Å²) >= 11 is 6.19. The Morgan fingerprint density at radius 2 is 1.95 bits per heavy atom. The monoisotopic (exact) mass is 292 g/mol. The Hall–Kier alpha value is -1.39. The van der Waals surface area contributed by atoms with Crippen molar-refractivity contribution < 1.29 is 0 Å². The number of pyridine rings is 1. The van der Waals surface area contributed by atoms with Crippen LogP contribution in [0.2, 0.25) is 5.02 Å². The van der Waals surface area contributed by atoms with Gasteiger partial charge in [-0.3, -0.25) is 0 Å². The van der Waals surface area contributed by atoms with E-state index in [4.69, 9.17) is 11.6 Å². The molecule has 108 valence electrons. The molecule has 0 aliphatic rings. The van der Waals surface area contributed by atoms with Crippen LogP contribution in [0, 0.1) is 13.8 Å². The van der Waals surface area contributed by atoms with Gasteiger partial charge in [-0.25, -0.2) is 9.67 Å². The van der Waals surface area contributed by atoms with E-state index in [1.165, 1.54) is 0 Å². The Morgan fingerprint density at radius 1 is 1.25 bits per heavy atom. The largest absolute Gasteiger partial charge is 0.306 e. The molecule has 0 saturated heterocycles. The van der Waals surface area contributed by atoms with Crippen molar-refractivity contribution in [2.45, 2.75) is 46.7 Å². The molecule has 20 heavy (non-hydrogen) atoms. The van der Waals surface area contributed by atoms with Crippen molar-refractivity contribution >= 4 is 11.6 Å². The van der Waals surface area contributed by atoms with Crippen molar-refractivity contribution in [2.24, 2.45) is 0 Å². The topological polar surface area (TPSA) is 42.7 Å². The Morgan fingerprint density at radius 3 is 2.50 bits per heavy atom. The van der Waals surface area contributed by atoms with Gasteiger partial charge in [-0.1, -0.05) is 17.7 Å². The molecule has 0 fully saturated rings. The molecule has 2 aromatic heterocycles. The second-order valence-corrected chi connectivity index (χ2v) is 6.37. The third-order valence-corrected chi connectivity index (χ3v) is 3.56. The van der Waals surface area contributed by atoms with Gasteiger partial charge in [0.15, 0.2) is 5.82 Å². The van der Waals surface area contributed by atoms with E-state index in [1.54, 1.807) is 4.68 Å². The van der Waals surface area contributed by atoms with Gasteiger partial charge in [0.1, 0.15) is 0 Å². The summed E-state index contributed by atoms with van der Waals surface area (Å²) in [5, 5.41) is 8.56. The number of nitrogens with one attached hydrogen (secondary N) is 1. The van der Waals surface area contributed by atoms with Crippen LogP contribution in [0.4, 0.5) is 0 Å². The van der Waals surface area contributed by atoms with E-state index < -0.39 is 0 Å². The minimum atomic E-state index is 0.0686. The number of aryl methyl sites for hydroxylation is 1. The highest BCUT2D eigenvalue weighted by Crippen LogP contribution is 2.21. The first-order valence-corrected chi connectivity index (χ1v) is 7.09. The molecule has 0 radical (unpaired) electrons. The summed E-state index contributed by atoms with van der Waals surface area (Å²) in [4.78, 5) is 4.64. The van der Waals surface area contributed by atoms with Gasteiger partial charge in [0.05, 0.1) is 22.1 Å². The first-order valence-electron chi connectivity index (χ1n) is 6.71. The molecular weight excluding hydrogens is 272 g/mol. The zero-order valence-electron chi connectivity index (χ0n) is 12.7. The molecule has 5 heteroatoms. The average molecular weight is 293 g/mol. The Labute approximate surface area is 125 Å². The first-order chi connectivity index (χ1) is 9.28. The molecule has 0 aromatic carbocycles. The van der Waals surface area contributed by atoms with Crippen LogP contribution in [-0.2, 0) is 6.54 Å². The highest BCUT2D eigenvalue weighted by Gasteiger charge is 2.13. The Balaban J connectivity index is 2.28. The summed E-state index contributed by atoms with van der Waals surface area (Å²) in [6, 6.07) is 5.94. The van der Waals surface area contributed by atoms with Crippen molar-refractivity contribution in [3.63, 3.8) is 0 Å². The fourth-order valence-corrected chi connectivity index (χ4v) is 2.00. The van der Waals surface area contributed by atoms with Gasteiger partial charge in [-0.05, 0) is 46.8 Å². The van der Waals surface area contributed by atoms with E-state index in [2.05, 4.69) is 36.2 Å². The van der Waals surface area contributed by atoms with Crippen LogP contribution in [0.15, 0.2) is 18.2 Å². The Bertz CT molecular complexity index is 611. The zero-order valence-corrected chi connectivity index (χ0v) is 13.4. The van der Waals surface area contributed by atoms with Gasteiger partial charge in [-0.15, -0.1) is 0 Å². The van der Waals surface area contributed by atoms with Crippen LogP contribution in [0.1, 0.15) is 37.9 Å². The molecule has 0 bridgehead atoms. The molecular formula is C15H21ClN4.